The minimum absolute atomic E-state index is 0. The maximum absolute atomic E-state index is 5.89. The Morgan fingerprint density at radius 2 is 2.14 bits per heavy atom. The van der Waals surface area contributed by atoms with Gasteiger partial charge in [-0.15, -0.1) is 0 Å². The average Bonchev–Trinajstić information content (AvgIpc) is 2.62. The molecule has 1 heterocycles. The highest BCUT2D eigenvalue weighted by atomic mass is 79.9. The van der Waals surface area contributed by atoms with E-state index in [1.807, 2.05) is 6.20 Å². The third-order valence-corrected chi connectivity index (χ3v) is 2.28. The fourth-order valence-corrected chi connectivity index (χ4v) is 1.29. The van der Waals surface area contributed by atoms with Crippen LogP contribution in [-0.2, 0) is 6.54 Å². The Hall–Kier alpha value is -0.350. The van der Waals surface area contributed by atoms with Crippen LogP contribution in [0.5, 0.6) is 0 Å². The second-order valence-corrected chi connectivity index (χ2v) is 3.43. The number of nitrogens with zero attached hydrogens (tertiary/aromatic N) is 2. The molecule has 0 saturated carbocycles. The van der Waals surface area contributed by atoms with Gasteiger partial charge in [-0.05, 0) is 12.8 Å². The van der Waals surface area contributed by atoms with Crippen molar-refractivity contribution in [3.63, 3.8) is 0 Å². The van der Waals surface area contributed by atoms with Gasteiger partial charge >= 0.3 is 0 Å². The van der Waals surface area contributed by atoms with Crippen LogP contribution in [0.1, 0.15) is 39.3 Å². The fourth-order valence-electron chi connectivity index (χ4n) is 1.29. The Bertz CT molecular complexity index is 247. The van der Waals surface area contributed by atoms with Crippen LogP contribution < -0.4 is 27.3 Å². The van der Waals surface area contributed by atoms with Gasteiger partial charge in [0.15, 0.2) is 0 Å². The first-order valence-corrected chi connectivity index (χ1v) is 5.10. The lowest BCUT2D eigenvalue weighted by Crippen LogP contribution is -3.00. The van der Waals surface area contributed by atoms with Crippen LogP contribution in [0.2, 0.25) is 0 Å². The SMILES string of the molecule is CCCCn1cc[n+](C(N)CC)c1.[Br-]. The Balaban J connectivity index is 0.00000169. The average molecular weight is 262 g/mol. The molecular formula is C10H20BrN3. The molecule has 0 aliphatic heterocycles. The summed E-state index contributed by atoms with van der Waals surface area (Å²) in [4.78, 5) is 0. The maximum atomic E-state index is 5.89. The summed E-state index contributed by atoms with van der Waals surface area (Å²) in [6.45, 7) is 5.40. The van der Waals surface area contributed by atoms with E-state index in [1.54, 1.807) is 0 Å². The van der Waals surface area contributed by atoms with Crippen molar-refractivity contribution in [3.05, 3.63) is 18.7 Å². The highest BCUT2D eigenvalue weighted by Crippen LogP contribution is 1.96. The standard InChI is InChI=1S/C10H20N3.BrH/c1-3-5-6-12-7-8-13(9-12)10(11)4-2;/h7-10H,3-6,11H2,1-2H3;1H/q+1;/p-1. The molecule has 82 valence electrons. The molecule has 0 amide bonds. The highest BCUT2D eigenvalue weighted by molar-refractivity contribution is 4.66. The number of imidazole rings is 1. The van der Waals surface area contributed by atoms with E-state index in [9.17, 15) is 0 Å². The third-order valence-electron chi connectivity index (χ3n) is 2.28. The first-order valence-electron chi connectivity index (χ1n) is 5.10. The molecule has 1 aromatic heterocycles. The molecule has 14 heavy (non-hydrogen) atoms. The molecule has 0 aliphatic rings. The normalized spacial score (nSPS) is 12.2. The predicted molar refractivity (Wildman–Crippen MR) is 53.1 cm³/mol. The van der Waals surface area contributed by atoms with Crippen molar-refractivity contribution in [1.29, 1.82) is 0 Å². The van der Waals surface area contributed by atoms with E-state index in [1.165, 1.54) is 12.8 Å². The molecule has 0 saturated heterocycles. The lowest BCUT2D eigenvalue weighted by Gasteiger charge is -2.02. The van der Waals surface area contributed by atoms with Crippen molar-refractivity contribution in [3.8, 4) is 0 Å². The molecule has 1 atom stereocenters. The van der Waals surface area contributed by atoms with E-state index in [-0.39, 0.29) is 23.1 Å². The number of nitrogens with two attached hydrogens (primary N) is 1. The van der Waals surface area contributed by atoms with Crippen LogP contribution in [0.3, 0.4) is 0 Å². The van der Waals surface area contributed by atoms with Gasteiger partial charge in [0.2, 0.25) is 6.33 Å². The monoisotopic (exact) mass is 261 g/mol. The minimum Gasteiger partial charge on any atom is -1.00 e. The topological polar surface area (TPSA) is 34.8 Å². The highest BCUT2D eigenvalue weighted by Gasteiger charge is 2.08. The van der Waals surface area contributed by atoms with Crippen LogP contribution in [-0.4, -0.2) is 4.57 Å². The van der Waals surface area contributed by atoms with Crippen molar-refractivity contribution in [2.75, 3.05) is 0 Å². The number of halogens is 1. The fraction of sp³-hybridized carbons (Fsp3) is 0.700. The Kier molecular flexibility index (Phi) is 6.83. The second-order valence-electron chi connectivity index (χ2n) is 3.43. The number of rotatable bonds is 5. The summed E-state index contributed by atoms with van der Waals surface area (Å²) in [6, 6.07) is 0. The van der Waals surface area contributed by atoms with Gasteiger partial charge in [0.05, 0.1) is 6.54 Å². The zero-order chi connectivity index (χ0) is 9.68. The third kappa shape index (κ3) is 3.80. The molecule has 1 aromatic rings. The number of hydrogen-bond acceptors (Lipinski definition) is 1. The Morgan fingerprint density at radius 3 is 2.71 bits per heavy atom. The molecule has 0 bridgehead atoms. The van der Waals surface area contributed by atoms with Crippen LogP contribution in [0.25, 0.3) is 0 Å². The van der Waals surface area contributed by atoms with E-state index in [0.29, 0.717) is 0 Å². The van der Waals surface area contributed by atoms with Crippen LogP contribution in [0.15, 0.2) is 18.7 Å². The Labute approximate surface area is 96.7 Å². The van der Waals surface area contributed by atoms with Crippen LogP contribution in [0.4, 0.5) is 0 Å². The second kappa shape index (κ2) is 7.01. The quantitative estimate of drug-likeness (QED) is 0.640. The van der Waals surface area contributed by atoms with Gasteiger partial charge in [0.25, 0.3) is 0 Å². The molecule has 2 N–H and O–H groups in total. The van der Waals surface area contributed by atoms with Gasteiger partial charge in [0.1, 0.15) is 18.6 Å². The van der Waals surface area contributed by atoms with Gasteiger partial charge in [-0.3, -0.25) is 5.73 Å². The minimum atomic E-state index is 0. The zero-order valence-corrected chi connectivity index (χ0v) is 10.6. The number of unbranched alkanes of at least 4 members (excludes halogenated alkanes) is 1. The van der Waals surface area contributed by atoms with Crippen molar-refractivity contribution in [2.45, 2.75) is 45.8 Å². The molecular weight excluding hydrogens is 242 g/mol. The predicted octanol–water partition coefficient (Wildman–Crippen LogP) is -1.55. The summed E-state index contributed by atoms with van der Waals surface area (Å²) in [5.74, 6) is 0. The van der Waals surface area contributed by atoms with E-state index in [0.717, 1.165) is 13.0 Å². The summed E-state index contributed by atoms with van der Waals surface area (Å²) >= 11 is 0. The van der Waals surface area contributed by atoms with Gasteiger partial charge in [-0.25, -0.2) is 9.13 Å². The summed E-state index contributed by atoms with van der Waals surface area (Å²) in [5.41, 5.74) is 5.89. The van der Waals surface area contributed by atoms with Crippen molar-refractivity contribution in [2.24, 2.45) is 5.73 Å². The van der Waals surface area contributed by atoms with Gasteiger partial charge in [0, 0.05) is 0 Å². The first-order chi connectivity index (χ1) is 6.27. The summed E-state index contributed by atoms with van der Waals surface area (Å²) in [6.07, 6.45) is 9.79. The molecule has 0 aromatic carbocycles. The van der Waals surface area contributed by atoms with Gasteiger partial charge in [-0.1, -0.05) is 20.3 Å². The molecule has 0 spiro atoms. The van der Waals surface area contributed by atoms with Crippen molar-refractivity contribution in [1.82, 2.24) is 4.57 Å². The van der Waals surface area contributed by atoms with Crippen LogP contribution >= 0.6 is 0 Å². The molecule has 3 nitrogen and oxygen atoms in total. The molecule has 1 unspecified atom stereocenters. The van der Waals surface area contributed by atoms with Crippen molar-refractivity contribution < 1.29 is 21.5 Å². The number of aryl methyl sites for hydroxylation is 1. The summed E-state index contributed by atoms with van der Waals surface area (Å²) in [7, 11) is 0. The van der Waals surface area contributed by atoms with E-state index < -0.39 is 0 Å². The molecule has 0 radical (unpaired) electrons. The Morgan fingerprint density at radius 1 is 1.43 bits per heavy atom. The van der Waals surface area contributed by atoms with Gasteiger partial charge in [-0.2, -0.15) is 0 Å². The van der Waals surface area contributed by atoms with E-state index in [2.05, 4.69) is 35.5 Å². The first kappa shape index (κ1) is 13.7. The largest absolute Gasteiger partial charge is 1.00 e. The maximum Gasteiger partial charge on any atom is 0.245 e. The summed E-state index contributed by atoms with van der Waals surface area (Å²) in [5, 5.41) is 0. The lowest BCUT2D eigenvalue weighted by atomic mass is 10.3. The van der Waals surface area contributed by atoms with Gasteiger partial charge < -0.3 is 17.0 Å². The smallest absolute Gasteiger partial charge is 0.245 e. The molecule has 0 fully saturated rings. The molecule has 0 aliphatic carbocycles. The van der Waals surface area contributed by atoms with E-state index in [4.69, 9.17) is 5.73 Å². The van der Waals surface area contributed by atoms with E-state index >= 15 is 0 Å². The molecule has 4 heteroatoms. The number of aromatic nitrogens is 2. The number of hydrogen-bond donors (Lipinski definition) is 1. The lowest BCUT2D eigenvalue weighted by molar-refractivity contribution is -0.722. The summed E-state index contributed by atoms with van der Waals surface area (Å²) < 4.78 is 4.26. The zero-order valence-electron chi connectivity index (χ0n) is 8.99. The molecule has 1 rings (SSSR count). The van der Waals surface area contributed by atoms with Crippen LogP contribution in [0, 0.1) is 0 Å². The van der Waals surface area contributed by atoms with Crippen molar-refractivity contribution >= 4 is 0 Å².